The van der Waals surface area contributed by atoms with Gasteiger partial charge in [0.25, 0.3) is 0 Å². The van der Waals surface area contributed by atoms with E-state index in [1.54, 1.807) is 11.3 Å². The first kappa shape index (κ1) is 10.2. The minimum atomic E-state index is 1.14. The van der Waals surface area contributed by atoms with E-state index in [2.05, 4.69) is 49.9 Å². The van der Waals surface area contributed by atoms with Crippen LogP contribution in [0.15, 0.2) is 43.0 Å². The van der Waals surface area contributed by atoms with Crippen LogP contribution in [0.25, 0.3) is 16.0 Å². The Kier molecular flexibility index (Phi) is 2.74. The van der Waals surface area contributed by atoms with Crippen molar-refractivity contribution < 1.29 is 0 Å². The van der Waals surface area contributed by atoms with Gasteiger partial charge in [-0.15, -0.1) is 11.3 Å². The maximum Gasteiger partial charge on any atom is 0.0349 e. The quantitative estimate of drug-likeness (QED) is 0.676. The summed E-state index contributed by atoms with van der Waals surface area (Å²) >= 11 is 1.80. The van der Waals surface area contributed by atoms with Gasteiger partial charge in [0.1, 0.15) is 0 Å². The minimum absolute atomic E-state index is 1.14. The van der Waals surface area contributed by atoms with Crippen molar-refractivity contribution in [3.8, 4) is 10.4 Å². The van der Waals surface area contributed by atoms with Gasteiger partial charge in [-0.3, -0.25) is 0 Å². The molecule has 1 heterocycles. The molecule has 0 amide bonds. The molecule has 2 rings (SSSR count). The summed E-state index contributed by atoms with van der Waals surface area (Å²) in [5, 5.41) is 0. The smallest absolute Gasteiger partial charge is 0.0349 e. The van der Waals surface area contributed by atoms with E-state index in [4.69, 9.17) is 0 Å². The Morgan fingerprint density at radius 2 is 2.00 bits per heavy atom. The van der Waals surface area contributed by atoms with E-state index in [0.29, 0.717) is 0 Å². The third-order valence-electron chi connectivity index (χ3n) is 2.33. The number of allylic oxidation sites excluding steroid dienone is 1. The summed E-state index contributed by atoms with van der Waals surface area (Å²) in [4.78, 5) is 2.59. The van der Waals surface area contributed by atoms with E-state index >= 15 is 0 Å². The zero-order chi connectivity index (χ0) is 10.8. The molecular formula is C14H14S. The van der Waals surface area contributed by atoms with Gasteiger partial charge >= 0.3 is 0 Å². The molecule has 0 bridgehead atoms. The van der Waals surface area contributed by atoms with E-state index in [9.17, 15) is 0 Å². The van der Waals surface area contributed by atoms with Crippen molar-refractivity contribution in [1.29, 1.82) is 0 Å². The van der Waals surface area contributed by atoms with Crippen molar-refractivity contribution in [2.45, 2.75) is 13.8 Å². The highest BCUT2D eigenvalue weighted by molar-refractivity contribution is 7.16. The second-order valence-electron chi connectivity index (χ2n) is 3.81. The van der Waals surface area contributed by atoms with Crippen LogP contribution in [0.1, 0.15) is 17.4 Å². The summed E-state index contributed by atoms with van der Waals surface area (Å²) in [6, 6.07) is 12.9. The molecule has 0 spiro atoms. The maximum atomic E-state index is 3.96. The lowest BCUT2D eigenvalue weighted by atomic mass is 10.1. The molecule has 76 valence electrons. The van der Waals surface area contributed by atoms with Gasteiger partial charge in [0.2, 0.25) is 0 Å². The van der Waals surface area contributed by atoms with Crippen LogP contribution in [0.4, 0.5) is 0 Å². The van der Waals surface area contributed by atoms with E-state index in [1.807, 2.05) is 6.92 Å². The van der Waals surface area contributed by atoms with Gasteiger partial charge < -0.3 is 0 Å². The molecule has 0 unspecified atom stereocenters. The van der Waals surface area contributed by atoms with Crippen LogP contribution < -0.4 is 0 Å². The van der Waals surface area contributed by atoms with Gasteiger partial charge in [-0.1, -0.05) is 36.4 Å². The number of hydrogen-bond donors (Lipinski definition) is 0. The summed E-state index contributed by atoms with van der Waals surface area (Å²) in [7, 11) is 0. The van der Waals surface area contributed by atoms with E-state index in [1.165, 1.54) is 20.9 Å². The lowest BCUT2D eigenvalue weighted by Gasteiger charge is -1.98. The number of benzene rings is 1. The second-order valence-corrected chi connectivity index (χ2v) is 4.90. The lowest BCUT2D eigenvalue weighted by Crippen LogP contribution is -1.73. The van der Waals surface area contributed by atoms with Gasteiger partial charge in [0.05, 0.1) is 0 Å². The van der Waals surface area contributed by atoms with Gasteiger partial charge in [-0.25, -0.2) is 0 Å². The number of rotatable bonds is 2. The molecule has 1 heteroatoms. The summed E-state index contributed by atoms with van der Waals surface area (Å²) in [6.07, 6.45) is 0. The fourth-order valence-corrected chi connectivity index (χ4v) is 2.45. The fraction of sp³-hybridized carbons (Fsp3) is 0.143. The number of aryl methyl sites for hydroxylation is 1. The van der Waals surface area contributed by atoms with Crippen molar-refractivity contribution in [1.82, 2.24) is 0 Å². The van der Waals surface area contributed by atoms with Crippen molar-refractivity contribution in [3.63, 3.8) is 0 Å². The lowest BCUT2D eigenvalue weighted by molar-refractivity contribution is 1.48. The SMILES string of the molecule is C=C(C)c1ccc(-c2cccc(C)c2)s1. The van der Waals surface area contributed by atoms with Crippen LogP contribution in [0.5, 0.6) is 0 Å². The first-order chi connectivity index (χ1) is 7.16. The maximum absolute atomic E-state index is 3.96. The highest BCUT2D eigenvalue weighted by Crippen LogP contribution is 2.31. The monoisotopic (exact) mass is 214 g/mol. The molecule has 0 aliphatic carbocycles. The average molecular weight is 214 g/mol. The first-order valence-electron chi connectivity index (χ1n) is 4.99. The molecular weight excluding hydrogens is 200 g/mol. The first-order valence-corrected chi connectivity index (χ1v) is 5.81. The molecule has 0 aliphatic rings. The molecule has 0 saturated heterocycles. The molecule has 2 aromatic rings. The zero-order valence-corrected chi connectivity index (χ0v) is 9.90. The third-order valence-corrected chi connectivity index (χ3v) is 3.63. The molecule has 0 nitrogen and oxygen atoms in total. The molecule has 1 aromatic carbocycles. The average Bonchev–Trinajstić information content (AvgIpc) is 2.66. The Morgan fingerprint density at radius 3 is 2.60 bits per heavy atom. The third kappa shape index (κ3) is 2.18. The number of thiophene rings is 1. The molecule has 0 fully saturated rings. The predicted octanol–water partition coefficient (Wildman–Crippen LogP) is 4.76. The zero-order valence-electron chi connectivity index (χ0n) is 9.08. The van der Waals surface area contributed by atoms with Crippen molar-refractivity contribution >= 4 is 16.9 Å². The van der Waals surface area contributed by atoms with E-state index in [-0.39, 0.29) is 0 Å². The molecule has 0 saturated carbocycles. The second kappa shape index (κ2) is 4.03. The van der Waals surface area contributed by atoms with Gasteiger partial charge in [-0.05, 0) is 37.1 Å². The Balaban J connectivity index is 2.41. The van der Waals surface area contributed by atoms with Crippen LogP contribution in [-0.4, -0.2) is 0 Å². The standard InChI is InChI=1S/C14H14S/c1-10(2)13-7-8-14(15-13)12-6-4-5-11(3)9-12/h4-9H,1H2,2-3H3. The van der Waals surface area contributed by atoms with Crippen molar-refractivity contribution in [2.75, 3.05) is 0 Å². The Hall–Kier alpha value is -1.34. The highest BCUT2D eigenvalue weighted by Gasteiger charge is 2.02. The van der Waals surface area contributed by atoms with Gasteiger partial charge in [0, 0.05) is 9.75 Å². The van der Waals surface area contributed by atoms with Gasteiger partial charge in [0.15, 0.2) is 0 Å². The summed E-state index contributed by atoms with van der Waals surface area (Å²) in [5.74, 6) is 0. The Labute approximate surface area is 94.9 Å². The van der Waals surface area contributed by atoms with Crippen molar-refractivity contribution in [3.05, 3.63) is 53.4 Å². The molecule has 0 N–H and O–H groups in total. The van der Waals surface area contributed by atoms with Crippen LogP contribution in [0.2, 0.25) is 0 Å². The molecule has 0 atom stereocenters. The van der Waals surface area contributed by atoms with Crippen LogP contribution in [-0.2, 0) is 0 Å². The normalized spacial score (nSPS) is 10.3. The summed E-state index contributed by atoms with van der Waals surface area (Å²) in [6.45, 7) is 8.13. The van der Waals surface area contributed by atoms with Crippen LogP contribution >= 0.6 is 11.3 Å². The van der Waals surface area contributed by atoms with Gasteiger partial charge in [-0.2, -0.15) is 0 Å². The van der Waals surface area contributed by atoms with Crippen LogP contribution in [0, 0.1) is 6.92 Å². The van der Waals surface area contributed by atoms with E-state index < -0.39 is 0 Å². The molecule has 0 radical (unpaired) electrons. The fourth-order valence-electron chi connectivity index (χ4n) is 1.52. The minimum Gasteiger partial charge on any atom is -0.136 e. The Bertz CT molecular complexity index is 492. The topological polar surface area (TPSA) is 0 Å². The highest BCUT2D eigenvalue weighted by atomic mass is 32.1. The van der Waals surface area contributed by atoms with Crippen molar-refractivity contribution in [2.24, 2.45) is 0 Å². The predicted molar refractivity (Wildman–Crippen MR) is 69.2 cm³/mol. The Morgan fingerprint density at radius 1 is 1.20 bits per heavy atom. The summed E-state index contributed by atoms with van der Waals surface area (Å²) in [5.41, 5.74) is 3.74. The summed E-state index contributed by atoms with van der Waals surface area (Å²) < 4.78 is 0. The molecule has 0 aliphatic heterocycles. The molecule has 1 aromatic heterocycles. The largest absolute Gasteiger partial charge is 0.136 e. The van der Waals surface area contributed by atoms with Crippen LogP contribution in [0.3, 0.4) is 0 Å². The number of hydrogen-bond acceptors (Lipinski definition) is 1. The molecule has 15 heavy (non-hydrogen) atoms. The van der Waals surface area contributed by atoms with E-state index in [0.717, 1.165) is 5.57 Å².